The van der Waals surface area contributed by atoms with Crippen LogP contribution in [0.15, 0.2) is 36.4 Å². The molecule has 1 saturated carbocycles. The van der Waals surface area contributed by atoms with Crippen LogP contribution in [-0.2, 0) is 16.7 Å². The predicted molar refractivity (Wildman–Crippen MR) is 109 cm³/mol. The number of nitrogens with one attached hydrogen (secondary N) is 2. The number of hydrogen-bond acceptors (Lipinski definition) is 5. The zero-order valence-corrected chi connectivity index (χ0v) is 16.9. The molecule has 152 valence electrons. The SMILES string of the molecule is CCS(=O)(=O)NC[C@H]1CC[C@H](Nc2ccc(-c3cccc(CF)c3)nn2)CC1. The highest BCUT2D eigenvalue weighted by Crippen LogP contribution is 2.26. The number of nitrogens with zero attached hydrogens (tertiary/aromatic N) is 2. The maximum atomic E-state index is 12.8. The van der Waals surface area contributed by atoms with E-state index in [4.69, 9.17) is 0 Å². The fourth-order valence-electron chi connectivity index (χ4n) is 3.44. The largest absolute Gasteiger partial charge is 0.366 e. The summed E-state index contributed by atoms with van der Waals surface area (Å²) in [6.45, 7) is 1.67. The minimum Gasteiger partial charge on any atom is -0.366 e. The number of sulfonamides is 1. The molecule has 1 heterocycles. The van der Waals surface area contributed by atoms with E-state index in [1.54, 1.807) is 19.1 Å². The van der Waals surface area contributed by atoms with Crippen LogP contribution in [0.5, 0.6) is 0 Å². The van der Waals surface area contributed by atoms with Crippen molar-refractivity contribution in [1.29, 1.82) is 0 Å². The summed E-state index contributed by atoms with van der Waals surface area (Å²) in [5.41, 5.74) is 2.19. The molecule has 2 aromatic rings. The van der Waals surface area contributed by atoms with Crippen molar-refractivity contribution >= 4 is 15.8 Å². The smallest absolute Gasteiger partial charge is 0.211 e. The molecule has 6 nitrogen and oxygen atoms in total. The third-order valence-electron chi connectivity index (χ3n) is 5.21. The molecule has 0 atom stereocenters. The minimum atomic E-state index is -3.12. The predicted octanol–water partition coefficient (Wildman–Crippen LogP) is 3.52. The minimum absolute atomic E-state index is 0.122. The van der Waals surface area contributed by atoms with Crippen LogP contribution in [0.4, 0.5) is 10.2 Å². The fourth-order valence-corrected chi connectivity index (χ4v) is 4.14. The van der Waals surface area contributed by atoms with Gasteiger partial charge < -0.3 is 5.32 Å². The van der Waals surface area contributed by atoms with Gasteiger partial charge in [0, 0.05) is 18.2 Å². The standard InChI is InChI=1S/C20H27FN4O2S/c1-2-28(26,27)22-14-15-6-8-18(9-7-15)23-20-11-10-19(24-25-20)17-5-3-4-16(12-17)13-21/h3-5,10-12,15,18,22H,2,6-9,13-14H2,1H3,(H,23,25)/t15-,18-. The molecule has 1 aromatic heterocycles. The molecule has 0 unspecified atom stereocenters. The van der Waals surface area contributed by atoms with Gasteiger partial charge in [0.2, 0.25) is 10.0 Å². The highest BCUT2D eigenvalue weighted by atomic mass is 32.2. The molecule has 2 N–H and O–H groups in total. The van der Waals surface area contributed by atoms with Crippen LogP contribution in [0.3, 0.4) is 0 Å². The van der Waals surface area contributed by atoms with Crippen LogP contribution in [0.1, 0.15) is 38.2 Å². The maximum absolute atomic E-state index is 12.8. The average Bonchev–Trinajstić information content (AvgIpc) is 2.74. The molecule has 0 spiro atoms. The van der Waals surface area contributed by atoms with Crippen LogP contribution in [0, 0.1) is 5.92 Å². The summed E-state index contributed by atoms with van der Waals surface area (Å²) in [7, 11) is -3.12. The Morgan fingerprint density at radius 2 is 1.89 bits per heavy atom. The van der Waals surface area contributed by atoms with E-state index in [9.17, 15) is 12.8 Å². The van der Waals surface area contributed by atoms with E-state index in [1.807, 2.05) is 24.3 Å². The van der Waals surface area contributed by atoms with Crippen LogP contribution in [-0.4, -0.2) is 37.0 Å². The molecule has 8 heteroatoms. The summed E-state index contributed by atoms with van der Waals surface area (Å²) >= 11 is 0. The Labute approximate surface area is 166 Å². The Bertz CT molecular complexity index is 866. The summed E-state index contributed by atoms with van der Waals surface area (Å²) in [6, 6.07) is 11.3. The fraction of sp³-hybridized carbons (Fsp3) is 0.500. The summed E-state index contributed by atoms with van der Waals surface area (Å²) in [6.07, 6.45) is 3.90. The highest BCUT2D eigenvalue weighted by Gasteiger charge is 2.22. The molecular formula is C20H27FN4O2S. The number of halogens is 1. The van der Waals surface area contributed by atoms with Crippen LogP contribution in [0.2, 0.25) is 0 Å². The van der Waals surface area contributed by atoms with Crippen LogP contribution < -0.4 is 10.0 Å². The third-order valence-corrected chi connectivity index (χ3v) is 6.58. The Balaban J connectivity index is 1.50. The molecule has 1 aliphatic carbocycles. The van der Waals surface area contributed by atoms with Gasteiger partial charge in [0.25, 0.3) is 0 Å². The normalized spacial score (nSPS) is 20.1. The summed E-state index contributed by atoms with van der Waals surface area (Å²) < 4.78 is 38.6. The van der Waals surface area contributed by atoms with E-state index in [2.05, 4.69) is 20.2 Å². The lowest BCUT2D eigenvalue weighted by molar-refractivity contribution is 0.337. The van der Waals surface area contributed by atoms with Crippen LogP contribution >= 0.6 is 0 Å². The van der Waals surface area contributed by atoms with Gasteiger partial charge >= 0.3 is 0 Å². The number of rotatable bonds is 8. The van der Waals surface area contributed by atoms with Gasteiger partial charge in [-0.1, -0.05) is 18.2 Å². The molecule has 0 aliphatic heterocycles. The van der Waals surface area contributed by atoms with Gasteiger partial charge in [-0.05, 0) is 62.3 Å². The van der Waals surface area contributed by atoms with Crippen LogP contribution in [0.25, 0.3) is 11.3 Å². The average molecular weight is 407 g/mol. The van der Waals surface area contributed by atoms with E-state index in [0.717, 1.165) is 37.1 Å². The van der Waals surface area contributed by atoms with Gasteiger partial charge in [0.15, 0.2) is 0 Å². The van der Waals surface area contributed by atoms with Crippen molar-refractivity contribution in [3.63, 3.8) is 0 Å². The van der Waals surface area contributed by atoms with Crippen molar-refractivity contribution in [2.75, 3.05) is 17.6 Å². The molecule has 0 radical (unpaired) electrons. The number of anilines is 1. The Hall–Kier alpha value is -2.06. The topological polar surface area (TPSA) is 84.0 Å². The first-order chi connectivity index (χ1) is 13.5. The second kappa shape index (κ2) is 9.43. The monoisotopic (exact) mass is 406 g/mol. The lowest BCUT2D eigenvalue weighted by Crippen LogP contribution is -2.34. The lowest BCUT2D eigenvalue weighted by atomic mass is 9.86. The summed E-state index contributed by atoms with van der Waals surface area (Å²) in [5.74, 6) is 1.23. The molecule has 1 aromatic carbocycles. The molecule has 28 heavy (non-hydrogen) atoms. The zero-order valence-electron chi connectivity index (χ0n) is 16.1. The van der Waals surface area contributed by atoms with E-state index in [0.29, 0.717) is 29.8 Å². The first kappa shape index (κ1) is 20.7. The Morgan fingerprint density at radius 3 is 2.54 bits per heavy atom. The molecule has 1 aliphatic rings. The van der Waals surface area contributed by atoms with Crippen molar-refractivity contribution in [3.05, 3.63) is 42.0 Å². The van der Waals surface area contributed by atoms with E-state index < -0.39 is 16.7 Å². The molecular weight excluding hydrogens is 379 g/mol. The Kier molecular flexibility index (Phi) is 6.96. The van der Waals surface area contributed by atoms with Crippen molar-refractivity contribution in [2.24, 2.45) is 5.92 Å². The molecule has 0 saturated heterocycles. The zero-order chi connectivity index (χ0) is 20.0. The first-order valence-electron chi connectivity index (χ1n) is 9.72. The van der Waals surface area contributed by atoms with E-state index in [-0.39, 0.29) is 5.75 Å². The molecule has 1 fully saturated rings. The number of alkyl halides is 1. The summed E-state index contributed by atoms with van der Waals surface area (Å²) in [4.78, 5) is 0. The molecule has 0 bridgehead atoms. The number of aromatic nitrogens is 2. The lowest BCUT2D eigenvalue weighted by Gasteiger charge is -2.29. The van der Waals surface area contributed by atoms with Gasteiger partial charge in [-0.3, -0.25) is 0 Å². The van der Waals surface area contributed by atoms with E-state index >= 15 is 0 Å². The summed E-state index contributed by atoms with van der Waals surface area (Å²) in [5, 5.41) is 11.9. The first-order valence-corrected chi connectivity index (χ1v) is 11.4. The second-order valence-corrected chi connectivity index (χ2v) is 9.35. The van der Waals surface area contributed by atoms with Crippen molar-refractivity contribution in [2.45, 2.75) is 45.3 Å². The Morgan fingerprint density at radius 1 is 1.11 bits per heavy atom. The highest BCUT2D eigenvalue weighted by molar-refractivity contribution is 7.89. The van der Waals surface area contributed by atoms with Gasteiger partial charge in [0.1, 0.15) is 12.5 Å². The van der Waals surface area contributed by atoms with Crippen molar-refractivity contribution < 1.29 is 12.8 Å². The van der Waals surface area contributed by atoms with Gasteiger partial charge in [-0.15, -0.1) is 10.2 Å². The molecule has 0 amide bonds. The quantitative estimate of drug-likeness (QED) is 0.701. The maximum Gasteiger partial charge on any atom is 0.211 e. The van der Waals surface area contributed by atoms with Gasteiger partial charge in [-0.25, -0.2) is 17.5 Å². The van der Waals surface area contributed by atoms with Crippen molar-refractivity contribution in [3.8, 4) is 11.3 Å². The number of hydrogen-bond donors (Lipinski definition) is 2. The van der Waals surface area contributed by atoms with Crippen molar-refractivity contribution in [1.82, 2.24) is 14.9 Å². The van der Waals surface area contributed by atoms with Gasteiger partial charge in [0.05, 0.1) is 11.4 Å². The number of benzene rings is 1. The third kappa shape index (κ3) is 5.72. The second-order valence-electron chi connectivity index (χ2n) is 7.25. The van der Waals surface area contributed by atoms with Gasteiger partial charge in [-0.2, -0.15) is 0 Å². The van der Waals surface area contributed by atoms with E-state index in [1.165, 1.54) is 0 Å². The molecule has 3 rings (SSSR count).